The summed E-state index contributed by atoms with van der Waals surface area (Å²) >= 11 is 0. The number of nitrogens with zero attached hydrogens (tertiary/aromatic N) is 3. The first-order valence-corrected chi connectivity index (χ1v) is 7.84. The normalized spacial score (nSPS) is 10.9. The van der Waals surface area contributed by atoms with E-state index in [0.29, 0.717) is 19.1 Å². The van der Waals surface area contributed by atoms with Gasteiger partial charge in [-0.05, 0) is 25.5 Å². The Morgan fingerprint density at radius 3 is 2.71 bits per heavy atom. The number of hydrogen-bond acceptors (Lipinski definition) is 4. The molecular weight excluding hydrogens is 423 g/mol. The number of hydrogen-bond donors (Lipinski definition) is 1. The highest BCUT2D eigenvalue weighted by molar-refractivity contribution is 14.0. The average molecular weight is 452 g/mol. The molecule has 1 rings (SSSR count). The number of guanidine groups is 1. The van der Waals surface area contributed by atoms with Crippen LogP contribution in [0, 0.1) is 0 Å². The summed E-state index contributed by atoms with van der Waals surface area (Å²) in [6, 6.07) is 3.76. The van der Waals surface area contributed by atoms with Crippen LogP contribution in [-0.4, -0.2) is 69.1 Å². The van der Waals surface area contributed by atoms with E-state index in [4.69, 9.17) is 9.15 Å². The maximum Gasteiger partial charge on any atom is 0.243 e. The molecule has 7 nitrogen and oxygen atoms in total. The molecule has 138 valence electrons. The van der Waals surface area contributed by atoms with Crippen molar-refractivity contribution in [1.82, 2.24) is 15.1 Å². The van der Waals surface area contributed by atoms with Crippen molar-refractivity contribution in [2.45, 2.75) is 19.9 Å². The third kappa shape index (κ3) is 9.11. The molecular formula is C16H29IN4O3. The lowest BCUT2D eigenvalue weighted by Crippen LogP contribution is -2.40. The van der Waals surface area contributed by atoms with Crippen molar-refractivity contribution in [2.24, 2.45) is 4.99 Å². The van der Waals surface area contributed by atoms with Crippen LogP contribution >= 0.6 is 24.0 Å². The molecule has 1 N–H and O–H groups in total. The quantitative estimate of drug-likeness (QED) is 0.268. The minimum atomic E-state index is -0.0370. The van der Waals surface area contributed by atoms with Crippen LogP contribution in [0.4, 0.5) is 0 Å². The Balaban J connectivity index is 0.00000529. The van der Waals surface area contributed by atoms with Gasteiger partial charge in [0.1, 0.15) is 12.3 Å². The van der Waals surface area contributed by atoms with E-state index in [-0.39, 0.29) is 36.4 Å². The van der Waals surface area contributed by atoms with Gasteiger partial charge in [0.05, 0.1) is 12.8 Å². The molecule has 24 heavy (non-hydrogen) atoms. The first kappa shape index (κ1) is 22.7. The summed E-state index contributed by atoms with van der Waals surface area (Å²) in [6.07, 6.45) is 2.52. The van der Waals surface area contributed by atoms with Crippen LogP contribution < -0.4 is 5.32 Å². The molecule has 0 saturated heterocycles. The minimum absolute atomic E-state index is 0. The molecule has 1 heterocycles. The van der Waals surface area contributed by atoms with Gasteiger partial charge in [-0.15, -0.1) is 24.0 Å². The Kier molecular flexibility index (Phi) is 12.4. The van der Waals surface area contributed by atoms with E-state index in [1.165, 1.54) is 4.90 Å². The number of halogens is 1. The summed E-state index contributed by atoms with van der Waals surface area (Å²) in [4.78, 5) is 19.6. The van der Waals surface area contributed by atoms with E-state index in [1.807, 2.05) is 31.0 Å². The second kappa shape index (κ2) is 13.1. The standard InChI is InChI=1S/C16H28N4O3.HI/c1-5-22-10-7-9-17-16(18-12-15(21)19(2)3)20(4)13-14-8-6-11-23-14;/h6,8,11H,5,7,9-10,12-13H2,1-4H3,(H,17,18);1H. The zero-order chi connectivity index (χ0) is 17.1. The van der Waals surface area contributed by atoms with Gasteiger partial charge in [0, 0.05) is 40.9 Å². The predicted molar refractivity (Wildman–Crippen MR) is 106 cm³/mol. The molecule has 0 aliphatic carbocycles. The first-order valence-electron chi connectivity index (χ1n) is 7.84. The largest absolute Gasteiger partial charge is 0.467 e. The van der Waals surface area contributed by atoms with Gasteiger partial charge < -0.3 is 24.3 Å². The van der Waals surface area contributed by atoms with Crippen molar-refractivity contribution in [3.63, 3.8) is 0 Å². The Morgan fingerprint density at radius 2 is 2.12 bits per heavy atom. The number of ether oxygens (including phenoxy) is 1. The number of amides is 1. The number of aliphatic imine (C=N–C) groups is 1. The molecule has 0 bridgehead atoms. The van der Waals surface area contributed by atoms with Crippen LogP contribution in [0.2, 0.25) is 0 Å². The number of carbonyl (C=O) groups excluding carboxylic acids is 1. The molecule has 0 unspecified atom stereocenters. The molecule has 0 radical (unpaired) electrons. The van der Waals surface area contributed by atoms with Gasteiger partial charge in [-0.2, -0.15) is 0 Å². The Hall–Kier alpha value is -1.29. The summed E-state index contributed by atoms with van der Waals surface area (Å²) in [5.74, 6) is 1.48. The summed E-state index contributed by atoms with van der Waals surface area (Å²) in [6.45, 7) is 4.83. The van der Waals surface area contributed by atoms with Gasteiger partial charge in [-0.1, -0.05) is 0 Å². The summed E-state index contributed by atoms with van der Waals surface area (Å²) in [5, 5.41) is 3.27. The van der Waals surface area contributed by atoms with Gasteiger partial charge in [0.15, 0.2) is 5.96 Å². The second-order valence-corrected chi connectivity index (χ2v) is 5.34. The van der Waals surface area contributed by atoms with E-state index in [1.54, 1.807) is 20.4 Å². The number of furan rings is 1. The molecule has 0 spiro atoms. The van der Waals surface area contributed by atoms with Crippen molar-refractivity contribution in [1.29, 1.82) is 0 Å². The number of likely N-dealkylation sites (N-methyl/N-ethyl adjacent to an activating group) is 1. The van der Waals surface area contributed by atoms with Gasteiger partial charge in [0.25, 0.3) is 0 Å². The Labute approximate surface area is 161 Å². The van der Waals surface area contributed by atoms with Crippen LogP contribution in [0.25, 0.3) is 0 Å². The van der Waals surface area contributed by atoms with Gasteiger partial charge in [-0.3, -0.25) is 4.79 Å². The van der Waals surface area contributed by atoms with Gasteiger partial charge in [-0.25, -0.2) is 4.99 Å². The third-order valence-electron chi connectivity index (χ3n) is 3.15. The smallest absolute Gasteiger partial charge is 0.243 e. The van der Waals surface area contributed by atoms with E-state index in [2.05, 4.69) is 10.3 Å². The number of rotatable bonds is 9. The SMILES string of the molecule is CCOCCCNC(=NCC(=O)N(C)C)N(C)Cc1ccco1.I. The van der Waals surface area contributed by atoms with Gasteiger partial charge in [0.2, 0.25) is 5.91 Å². The van der Waals surface area contributed by atoms with Crippen LogP contribution in [0.3, 0.4) is 0 Å². The molecule has 0 aromatic carbocycles. The van der Waals surface area contributed by atoms with Crippen LogP contribution in [0.1, 0.15) is 19.1 Å². The Morgan fingerprint density at radius 1 is 1.38 bits per heavy atom. The zero-order valence-electron chi connectivity index (χ0n) is 14.9. The molecule has 0 atom stereocenters. The fourth-order valence-corrected chi connectivity index (χ4v) is 1.83. The lowest BCUT2D eigenvalue weighted by molar-refractivity contribution is -0.127. The second-order valence-electron chi connectivity index (χ2n) is 5.34. The predicted octanol–water partition coefficient (Wildman–Crippen LogP) is 1.79. The van der Waals surface area contributed by atoms with Crippen molar-refractivity contribution in [2.75, 3.05) is 47.4 Å². The molecule has 1 amide bonds. The molecule has 1 aromatic heterocycles. The maximum atomic E-state index is 11.7. The monoisotopic (exact) mass is 452 g/mol. The van der Waals surface area contributed by atoms with Gasteiger partial charge >= 0.3 is 0 Å². The zero-order valence-corrected chi connectivity index (χ0v) is 17.3. The lowest BCUT2D eigenvalue weighted by atomic mass is 10.4. The van der Waals surface area contributed by atoms with Crippen molar-refractivity contribution < 1.29 is 13.9 Å². The van der Waals surface area contributed by atoms with E-state index in [0.717, 1.165) is 25.3 Å². The van der Waals surface area contributed by atoms with E-state index < -0.39 is 0 Å². The average Bonchev–Trinajstić information content (AvgIpc) is 3.02. The van der Waals surface area contributed by atoms with E-state index >= 15 is 0 Å². The highest BCUT2D eigenvalue weighted by Gasteiger charge is 2.10. The Bertz CT molecular complexity index is 478. The molecule has 0 aliphatic heterocycles. The molecule has 0 saturated carbocycles. The highest BCUT2D eigenvalue weighted by Crippen LogP contribution is 2.04. The summed E-state index contributed by atoms with van der Waals surface area (Å²) in [5.41, 5.74) is 0. The lowest BCUT2D eigenvalue weighted by Gasteiger charge is -2.22. The van der Waals surface area contributed by atoms with Crippen molar-refractivity contribution in [3.8, 4) is 0 Å². The summed E-state index contributed by atoms with van der Waals surface area (Å²) in [7, 11) is 5.36. The van der Waals surface area contributed by atoms with E-state index in [9.17, 15) is 4.79 Å². The molecule has 1 aromatic rings. The minimum Gasteiger partial charge on any atom is -0.467 e. The first-order chi connectivity index (χ1) is 11.0. The fourth-order valence-electron chi connectivity index (χ4n) is 1.83. The molecule has 0 aliphatic rings. The number of nitrogens with one attached hydrogen (secondary N) is 1. The highest BCUT2D eigenvalue weighted by atomic mass is 127. The topological polar surface area (TPSA) is 70.3 Å². The van der Waals surface area contributed by atoms with Crippen molar-refractivity contribution >= 4 is 35.8 Å². The van der Waals surface area contributed by atoms with Crippen LogP contribution in [0.5, 0.6) is 0 Å². The fraction of sp³-hybridized carbons (Fsp3) is 0.625. The van der Waals surface area contributed by atoms with Crippen LogP contribution in [0.15, 0.2) is 27.8 Å². The van der Waals surface area contributed by atoms with Crippen molar-refractivity contribution in [3.05, 3.63) is 24.2 Å². The third-order valence-corrected chi connectivity index (χ3v) is 3.15. The maximum absolute atomic E-state index is 11.7. The van der Waals surface area contributed by atoms with Crippen LogP contribution in [-0.2, 0) is 16.1 Å². The summed E-state index contributed by atoms with van der Waals surface area (Å²) < 4.78 is 10.7. The molecule has 0 fully saturated rings. The number of carbonyl (C=O) groups is 1. The molecule has 8 heteroatoms.